The van der Waals surface area contributed by atoms with Crippen molar-refractivity contribution in [2.75, 3.05) is 7.11 Å². The highest BCUT2D eigenvalue weighted by molar-refractivity contribution is 7.18. The lowest BCUT2D eigenvalue weighted by Crippen LogP contribution is -2.18. The average Bonchev–Trinajstić information content (AvgIpc) is 3.07. The highest BCUT2D eigenvalue weighted by Crippen LogP contribution is 2.36. The second kappa shape index (κ2) is 7.04. The van der Waals surface area contributed by atoms with Crippen LogP contribution in [0.15, 0.2) is 28.4 Å². The first-order valence-electron chi connectivity index (χ1n) is 8.61. The fourth-order valence-electron chi connectivity index (χ4n) is 3.33. The number of thiophene rings is 1. The van der Waals surface area contributed by atoms with Gasteiger partial charge in [-0.15, -0.1) is 11.3 Å². The average molecular weight is 400 g/mol. The molecular weight excluding hydrogens is 384 g/mol. The van der Waals surface area contributed by atoms with Crippen molar-refractivity contribution in [1.29, 1.82) is 0 Å². The van der Waals surface area contributed by atoms with Gasteiger partial charge in [0.15, 0.2) is 5.75 Å². The Morgan fingerprint density at radius 3 is 2.93 bits per heavy atom. The summed E-state index contributed by atoms with van der Waals surface area (Å²) >= 11 is 1.55. The minimum Gasteiger partial charge on any atom is -0.500 e. The third-order valence-electron chi connectivity index (χ3n) is 4.68. The van der Waals surface area contributed by atoms with Gasteiger partial charge < -0.3 is 9.84 Å². The third-order valence-corrected chi connectivity index (χ3v) is 5.88. The molecular formula is C18H16N4O5S. The highest BCUT2D eigenvalue weighted by atomic mass is 32.1. The van der Waals surface area contributed by atoms with Crippen LogP contribution in [0.4, 0.5) is 5.69 Å². The van der Waals surface area contributed by atoms with E-state index in [2.05, 4.69) is 10.1 Å². The van der Waals surface area contributed by atoms with Crippen LogP contribution in [0.2, 0.25) is 0 Å². The molecule has 0 fully saturated rings. The van der Waals surface area contributed by atoms with E-state index in [-0.39, 0.29) is 11.3 Å². The summed E-state index contributed by atoms with van der Waals surface area (Å²) in [5.41, 5.74) is 0.602. The Balaban J connectivity index is 1.77. The molecule has 144 valence electrons. The molecule has 0 aliphatic heterocycles. The largest absolute Gasteiger partial charge is 0.500 e. The van der Waals surface area contributed by atoms with Gasteiger partial charge in [0.25, 0.3) is 5.56 Å². The highest BCUT2D eigenvalue weighted by Gasteiger charge is 2.21. The van der Waals surface area contributed by atoms with Crippen LogP contribution in [0.25, 0.3) is 10.2 Å². The zero-order chi connectivity index (χ0) is 19.8. The van der Waals surface area contributed by atoms with Crippen LogP contribution in [-0.2, 0) is 12.8 Å². The van der Waals surface area contributed by atoms with Crippen LogP contribution >= 0.6 is 11.3 Å². The van der Waals surface area contributed by atoms with E-state index >= 15 is 0 Å². The molecule has 0 radical (unpaired) electrons. The first-order chi connectivity index (χ1) is 13.5. The minimum atomic E-state index is -0.716. The fourth-order valence-corrected chi connectivity index (χ4v) is 4.55. The molecule has 2 heterocycles. The second-order valence-electron chi connectivity index (χ2n) is 6.38. The number of benzene rings is 1. The van der Waals surface area contributed by atoms with E-state index in [1.807, 2.05) is 0 Å². The van der Waals surface area contributed by atoms with E-state index in [1.165, 1.54) is 30.6 Å². The van der Waals surface area contributed by atoms with Gasteiger partial charge in [-0.3, -0.25) is 14.9 Å². The van der Waals surface area contributed by atoms with Crippen molar-refractivity contribution in [3.63, 3.8) is 0 Å². The monoisotopic (exact) mass is 400 g/mol. The fraction of sp³-hybridized carbons (Fsp3) is 0.278. The number of aromatic nitrogens is 2. The van der Waals surface area contributed by atoms with Gasteiger partial charge >= 0.3 is 5.69 Å². The van der Waals surface area contributed by atoms with Crippen molar-refractivity contribution in [2.24, 2.45) is 5.10 Å². The van der Waals surface area contributed by atoms with Gasteiger partial charge in [-0.25, -0.2) is 4.98 Å². The lowest BCUT2D eigenvalue weighted by molar-refractivity contribution is -0.386. The van der Waals surface area contributed by atoms with Crippen molar-refractivity contribution >= 4 is 33.5 Å². The van der Waals surface area contributed by atoms with Gasteiger partial charge in [0.2, 0.25) is 5.75 Å². The van der Waals surface area contributed by atoms with Crippen molar-refractivity contribution < 1.29 is 14.8 Å². The summed E-state index contributed by atoms with van der Waals surface area (Å²) in [5, 5.41) is 25.7. The number of hydrogen-bond donors (Lipinski definition) is 1. The molecule has 0 saturated carbocycles. The van der Waals surface area contributed by atoms with Gasteiger partial charge in [-0.2, -0.15) is 9.78 Å². The zero-order valence-electron chi connectivity index (χ0n) is 14.9. The molecule has 3 aromatic rings. The lowest BCUT2D eigenvalue weighted by atomic mass is 9.97. The van der Waals surface area contributed by atoms with Crippen molar-refractivity contribution in [1.82, 2.24) is 9.66 Å². The quantitative estimate of drug-likeness (QED) is 0.408. The van der Waals surface area contributed by atoms with Crippen molar-refractivity contribution in [3.05, 3.63) is 54.9 Å². The van der Waals surface area contributed by atoms with E-state index in [1.54, 1.807) is 11.3 Å². The first-order valence-corrected chi connectivity index (χ1v) is 9.43. The van der Waals surface area contributed by atoms with Crippen LogP contribution in [0.1, 0.15) is 28.8 Å². The Bertz CT molecular complexity index is 1180. The zero-order valence-corrected chi connectivity index (χ0v) is 15.7. The van der Waals surface area contributed by atoms with Crippen LogP contribution < -0.4 is 10.3 Å². The number of hydrogen-bond acceptors (Lipinski definition) is 8. The van der Waals surface area contributed by atoms with E-state index in [9.17, 15) is 20.0 Å². The standard InChI is InChI=1S/C18H16N4O5S/c1-27-13-7-10(6-12(16(13)23)22(25)26)8-20-21-9-19-17-15(18(21)24)11-4-2-3-5-14(11)28-17/h6-9,23H,2-5H2,1H3/b20-8-. The topological polar surface area (TPSA) is 120 Å². The number of fused-ring (bicyclic) bond motifs is 3. The second-order valence-corrected chi connectivity index (χ2v) is 7.46. The number of aromatic hydroxyl groups is 1. The van der Waals surface area contributed by atoms with Crippen molar-refractivity contribution in [2.45, 2.75) is 25.7 Å². The first kappa shape index (κ1) is 18.1. The summed E-state index contributed by atoms with van der Waals surface area (Å²) in [4.78, 5) is 29.5. The van der Waals surface area contributed by atoms with Gasteiger partial charge in [-0.05, 0) is 37.3 Å². The van der Waals surface area contributed by atoms with Crippen LogP contribution in [0.5, 0.6) is 11.5 Å². The van der Waals surface area contributed by atoms with E-state index in [4.69, 9.17) is 4.74 Å². The molecule has 1 aliphatic carbocycles. The number of nitro benzene ring substituents is 1. The van der Waals surface area contributed by atoms with E-state index in [0.29, 0.717) is 15.8 Å². The van der Waals surface area contributed by atoms with Gasteiger partial charge in [0, 0.05) is 16.5 Å². The summed E-state index contributed by atoms with van der Waals surface area (Å²) in [6, 6.07) is 2.56. The van der Waals surface area contributed by atoms with E-state index < -0.39 is 16.4 Å². The number of rotatable bonds is 4. The maximum atomic E-state index is 12.9. The molecule has 1 aliphatic rings. The summed E-state index contributed by atoms with van der Waals surface area (Å²) in [6.07, 6.45) is 6.64. The molecule has 1 N–H and O–H groups in total. The SMILES string of the molecule is COc1cc(/C=N\n2cnc3sc4c(c3c2=O)CCCC4)cc([N+](=O)[O-])c1O. The van der Waals surface area contributed by atoms with Gasteiger partial charge in [0.1, 0.15) is 11.2 Å². The summed E-state index contributed by atoms with van der Waals surface area (Å²) < 4.78 is 6.09. The van der Waals surface area contributed by atoms with Crippen LogP contribution in [0, 0.1) is 10.1 Å². The normalized spacial score (nSPS) is 13.8. The van der Waals surface area contributed by atoms with Crippen molar-refractivity contribution in [3.8, 4) is 11.5 Å². The molecule has 10 heteroatoms. The molecule has 0 spiro atoms. The molecule has 0 saturated heterocycles. The number of ether oxygens (including phenoxy) is 1. The number of phenols is 1. The van der Waals surface area contributed by atoms with Gasteiger partial charge in [-0.1, -0.05) is 0 Å². The summed E-state index contributed by atoms with van der Waals surface area (Å²) in [7, 11) is 1.29. The number of phenolic OH excluding ortho intramolecular Hbond substituents is 1. The Morgan fingerprint density at radius 1 is 1.39 bits per heavy atom. The molecule has 28 heavy (non-hydrogen) atoms. The minimum absolute atomic E-state index is 0.0523. The summed E-state index contributed by atoms with van der Waals surface area (Å²) in [6.45, 7) is 0. The molecule has 2 aromatic heterocycles. The molecule has 0 unspecified atom stereocenters. The smallest absolute Gasteiger partial charge is 0.315 e. The summed E-state index contributed by atoms with van der Waals surface area (Å²) in [5.74, 6) is -0.613. The maximum absolute atomic E-state index is 12.9. The molecule has 0 bridgehead atoms. The number of nitro groups is 1. The number of aryl methyl sites for hydroxylation is 2. The molecule has 1 aromatic carbocycles. The maximum Gasteiger partial charge on any atom is 0.315 e. The Hall–Kier alpha value is -3.27. The Labute approximate surface area is 162 Å². The lowest BCUT2D eigenvalue weighted by Gasteiger charge is -2.09. The van der Waals surface area contributed by atoms with Gasteiger partial charge in [0.05, 0.1) is 23.6 Å². The Morgan fingerprint density at radius 2 is 2.18 bits per heavy atom. The predicted octanol–water partition coefficient (Wildman–Crippen LogP) is 2.84. The number of nitrogens with zero attached hydrogens (tertiary/aromatic N) is 4. The predicted molar refractivity (Wildman–Crippen MR) is 105 cm³/mol. The molecule has 0 atom stereocenters. The Kier molecular flexibility index (Phi) is 4.55. The molecule has 4 rings (SSSR count). The molecule has 0 amide bonds. The van der Waals surface area contributed by atoms with Crippen LogP contribution in [0.3, 0.4) is 0 Å². The van der Waals surface area contributed by atoms with E-state index in [0.717, 1.165) is 42.0 Å². The van der Waals surface area contributed by atoms with Crippen LogP contribution in [-0.4, -0.2) is 33.0 Å². The number of methoxy groups -OCH3 is 1. The third kappa shape index (κ3) is 3.01. The molecule has 9 nitrogen and oxygen atoms in total.